The average Bonchev–Trinajstić information content (AvgIpc) is 2.85. The summed E-state index contributed by atoms with van der Waals surface area (Å²) in [6, 6.07) is 1.51. The van der Waals surface area contributed by atoms with Gasteiger partial charge in [-0.3, -0.25) is 9.89 Å². The number of aromatic carboxylic acids is 1. The number of nitrogens with one attached hydrogen (secondary N) is 1. The monoisotopic (exact) mass is 236 g/mol. The molecule has 0 radical (unpaired) electrons. The molecule has 6 heteroatoms. The Balaban J connectivity index is 2.59. The van der Waals surface area contributed by atoms with Crippen LogP contribution in [0, 0.1) is 0 Å². The molecule has 0 atom stereocenters. The number of carboxylic acid groups (broad SMARTS) is 1. The Labute approximate surface area is 94.7 Å². The highest BCUT2D eigenvalue weighted by Gasteiger charge is 2.19. The summed E-state index contributed by atoms with van der Waals surface area (Å²) < 4.78 is 0. The second-order valence-electron chi connectivity index (χ2n) is 3.18. The Bertz CT molecular complexity index is 506. The molecule has 0 fully saturated rings. The van der Waals surface area contributed by atoms with Gasteiger partial charge >= 0.3 is 5.97 Å². The quantitative estimate of drug-likeness (QED) is 0.799. The van der Waals surface area contributed by atoms with Crippen LogP contribution in [0.1, 0.15) is 27.8 Å². The maximum Gasteiger partial charge on any atom is 0.337 e. The number of carbonyl (C=O) groups excluding carboxylic acids is 1. The first-order chi connectivity index (χ1) is 7.61. The third kappa shape index (κ3) is 1.63. The minimum Gasteiger partial charge on any atom is -0.478 e. The number of ketones is 1. The molecule has 2 N–H and O–H groups in total. The predicted molar refractivity (Wildman–Crippen MR) is 58.9 cm³/mol. The van der Waals surface area contributed by atoms with Crippen LogP contribution >= 0.6 is 11.3 Å². The topological polar surface area (TPSA) is 83.0 Å². The molecule has 0 aliphatic carbocycles. The molecular weight excluding hydrogens is 228 g/mol. The Morgan fingerprint density at radius 2 is 2.25 bits per heavy atom. The van der Waals surface area contributed by atoms with E-state index in [1.807, 2.05) is 0 Å². The zero-order valence-corrected chi connectivity index (χ0v) is 9.17. The smallest absolute Gasteiger partial charge is 0.337 e. The molecule has 16 heavy (non-hydrogen) atoms. The summed E-state index contributed by atoms with van der Waals surface area (Å²) in [6.45, 7) is 1.41. The SMILES string of the molecule is CC(=O)c1[nH]ncc1-c1sccc1C(=O)O. The molecule has 0 spiro atoms. The third-order valence-electron chi connectivity index (χ3n) is 2.13. The van der Waals surface area contributed by atoms with E-state index in [1.54, 1.807) is 5.38 Å². The first-order valence-corrected chi connectivity index (χ1v) is 5.34. The van der Waals surface area contributed by atoms with E-state index in [0.717, 1.165) is 0 Å². The van der Waals surface area contributed by atoms with Crippen molar-refractivity contribution in [1.29, 1.82) is 0 Å². The summed E-state index contributed by atoms with van der Waals surface area (Å²) in [5, 5.41) is 17.0. The van der Waals surface area contributed by atoms with E-state index in [2.05, 4.69) is 10.2 Å². The van der Waals surface area contributed by atoms with E-state index < -0.39 is 5.97 Å². The van der Waals surface area contributed by atoms with E-state index >= 15 is 0 Å². The van der Waals surface area contributed by atoms with Crippen LogP contribution in [-0.4, -0.2) is 27.1 Å². The van der Waals surface area contributed by atoms with E-state index in [9.17, 15) is 9.59 Å². The lowest BCUT2D eigenvalue weighted by atomic mass is 10.1. The lowest BCUT2D eigenvalue weighted by Gasteiger charge is -1.98. The van der Waals surface area contributed by atoms with Gasteiger partial charge in [-0.05, 0) is 11.4 Å². The van der Waals surface area contributed by atoms with Gasteiger partial charge in [-0.1, -0.05) is 0 Å². The zero-order chi connectivity index (χ0) is 11.7. The molecule has 0 aliphatic heterocycles. The van der Waals surface area contributed by atoms with Crippen LogP contribution in [0.5, 0.6) is 0 Å². The van der Waals surface area contributed by atoms with Crippen molar-refractivity contribution in [3.8, 4) is 10.4 Å². The van der Waals surface area contributed by atoms with Crippen molar-refractivity contribution in [2.45, 2.75) is 6.92 Å². The number of carbonyl (C=O) groups is 2. The van der Waals surface area contributed by atoms with Crippen molar-refractivity contribution in [1.82, 2.24) is 10.2 Å². The molecule has 82 valence electrons. The van der Waals surface area contributed by atoms with E-state index in [1.165, 1.54) is 30.5 Å². The molecule has 2 aromatic heterocycles. The summed E-state index contributed by atoms with van der Waals surface area (Å²) in [6.07, 6.45) is 1.47. The van der Waals surface area contributed by atoms with Gasteiger partial charge in [0, 0.05) is 12.5 Å². The molecule has 0 unspecified atom stereocenters. The summed E-state index contributed by atoms with van der Waals surface area (Å²) in [5.74, 6) is -1.18. The van der Waals surface area contributed by atoms with Crippen molar-refractivity contribution >= 4 is 23.1 Å². The lowest BCUT2D eigenvalue weighted by Crippen LogP contribution is -1.99. The Morgan fingerprint density at radius 1 is 1.50 bits per heavy atom. The van der Waals surface area contributed by atoms with Crippen LogP contribution in [0.4, 0.5) is 0 Å². The molecule has 0 saturated carbocycles. The first kappa shape index (κ1) is 10.6. The summed E-state index contributed by atoms with van der Waals surface area (Å²) >= 11 is 1.27. The number of hydrogen-bond acceptors (Lipinski definition) is 4. The Kier molecular flexibility index (Phi) is 2.57. The molecule has 2 heterocycles. The fourth-order valence-corrected chi connectivity index (χ4v) is 2.32. The highest BCUT2D eigenvalue weighted by Crippen LogP contribution is 2.31. The van der Waals surface area contributed by atoms with E-state index in [4.69, 9.17) is 5.11 Å². The van der Waals surface area contributed by atoms with Gasteiger partial charge < -0.3 is 5.11 Å². The number of H-pyrrole nitrogens is 1. The average molecular weight is 236 g/mol. The van der Waals surface area contributed by atoms with Gasteiger partial charge in [0.2, 0.25) is 0 Å². The number of Topliss-reactive ketones (excluding diaryl/α,β-unsaturated/α-hetero) is 1. The van der Waals surface area contributed by atoms with Gasteiger partial charge in [0.25, 0.3) is 0 Å². The summed E-state index contributed by atoms with van der Waals surface area (Å²) in [7, 11) is 0. The molecule has 0 saturated heterocycles. The number of rotatable bonds is 3. The fraction of sp³-hybridized carbons (Fsp3) is 0.100. The standard InChI is InChI=1S/C10H8N2O3S/c1-5(13)8-7(4-11-12-8)9-6(10(14)15)2-3-16-9/h2-4H,1H3,(H,11,12)(H,14,15). The van der Waals surface area contributed by atoms with Crippen LogP contribution in [0.3, 0.4) is 0 Å². The zero-order valence-electron chi connectivity index (χ0n) is 8.35. The minimum absolute atomic E-state index is 0.169. The number of hydrogen-bond donors (Lipinski definition) is 2. The van der Waals surface area contributed by atoms with Crippen molar-refractivity contribution in [2.24, 2.45) is 0 Å². The summed E-state index contributed by atoms with van der Waals surface area (Å²) in [4.78, 5) is 22.8. The fourth-order valence-electron chi connectivity index (χ4n) is 1.41. The number of thiophene rings is 1. The van der Waals surface area contributed by atoms with Crippen molar-refractivity contribution < 1.29 is 14.7 Å². The maximum absolute atomic E-state index is 11.3. The van der Waals surface area contributed by atoms with Gasteiger partial charge in [0.15, 0.2) is 5.78 Å². The van der Waals surface area contributed by atoms with Gasteiger partial charge in [-0.25, -0.2) is 4.79 Å². The molecule has 0 aromatic carbocycles. The molecule has 0 aliphatic rings. The Hall–Kier alpha value is -1.95. The molecule has 0 amide bonds. The lowest BCUT2D eigenvalue weighted by molar-refractivity contribution is 0.0698. The van der Waals surface area contributed by atoms with E-state index in [0.29, 0.717) is 16.1 Å². The van der Waals surface area contributed by atoms with Crippen LogP contribution in [0.15, 0.2) is 17.6 Å². The van der Waals surface area contributed by atoms with Crippen molar-refractivity contribution in [2.75, 3.05) is 0 Å². The van der Waals surface area contributed by atoms with Crippen molar-refractivity contribution in [3.05, 3.63) is 28.9 Å². The van der Waals surface area contributed by atoms with Gasteiger partial charge in [-0.15, -0.1) is 11.3 Å². The molecule has 0 bridgehead atoms. The molecule has 2 rings (SSSR count). The highest BCUT2D eigenvalue weighted by atomic mass is 32.1. The largest absolute Gasteiger partial charge is 0.478 e. The molecular formula is C10H8N2O3S. The number of aromatic amines is 1. The number of aromatic nitrogens is 2. The second-order valence-corrected chi connectivity index (χ2v) is 4.10. The first-order valence-electron chi connectivity index (χ1n) is 4.46. The Morgan fingerprint density at radius 3 is 2.88 bits per heavy atom. The molecule has 2 aromatic rings. The maximum atomic E-state index is 11.3. The van der Waals surface area contributed by atoms with Crippen LogP contribution in [0.25, 0.3) is 10.4 Å². The number of carboxylic acids is 1. The third-order valence-corrected chi connectivity index (χ3v) is 3.08. The van der Waals surface area contributed by atoms with E-state index in [-0.39, 0.29) is 11.3 Å². The van der Waals surface area contributed by atoms with Crippen LogP contribution in [-0.2, 0) is 0 Å². The van der Waals surface area contributed by atoms with Gasteiger partial charge in [0.05, 0.1) is 16.6 Å². The van der Waals surface area contributed by atoms with Gasteiger partial charge in [-0.2, -0.15) is 5.10 Å². The predicted octanol–water partition coefficient (Wildman–Crippen LogP) is 2.04. The van der Waals surface area contributed by atoms with Gasteiger partial charge in [0.1, 0.15) is 5.69 Å². The van der Waals surface area contributed by atoms with Crippen molar-refractivity contribution in [3.63, 3.8) is 0 Å². The minimum atomic E-state index is -1.01. The second kappa shape index (κ2) is 3.90. The molecule has 5 nitrogen and oxygen atoms in total. The van der Waals surface area contributed by atoms with Crippen LogP contribution in [0.2, 0.25) is 0 Å². The highest BCUT2D eigenvalue weighted by molar-refractivity contribution is 7.14. The number of nitrogens with zero attached hydrogens (tertiary/aromatic N) is 1. The van der Waals surface area contributed by atoms with Crippen LogP contribution < -0.4 is 0 Å². The normalized spacial score (nSPS) is 10.3. The summed E-state index contributed by atoms with van der Waals surface area (Å²) in [5.41, 5.74) is 1.07.